The van der Waals surface area contributed by atoms with Gasteiger partial charge in [0.25, 0.3) is 5.91 Å². The fourth-order valence-electron chi connectivity index (χ4n) is 2.84. The molecule has 1 heterocycles. The Hall–Kier alpha value is -3.22. The summed E-state index contributed by atoms with van der Waals surface area (Å²) in [7, 11) is 0. The Kier molecular flexibility index (Phi) is 9.51. The average Bonchev–Trinajstić information content (AvgIpc) is 2.65. The first-order valence-electron chi connectivity index (χ1n) is 9.18. The number of nitrogens with one attached hydrogen (secondary N) is 1. The van der Waals surface area contributed by atoms with Crippen molar-refractivity contribution in [3.63, 3.8) is 0 Å². The fraction of sp³-hybridized carbons (Fsp3) is 0.579. The summed E-state index contributed by atoms with van der Waals surface area (Å²) in [5.74, 6) is -5.61. The number of allylic oxidation sites excluding steroid dienone is 1. The van der Waals surface area contributed by atoms with E-state index in [-0.39, 0.29) is 43.2 Å². The van der Waals surface area contributed by atoms with Crippen LogP contribution in [0.3, 0.4) is 0 Å². The summed E-state index contributed by atoms with van der Waals surface area (Å²) in [6, 6.07) is 1.87. The lowest BCUT2D eigenvalue weighted by atomic mass is 9.79. The summed E-state index contributed by atoms with van der Waals surface area (Å²) in [5, 5.41) is 10.9. The third-order valence-electron chi connectivity index (χ3n) is 4.02. The van der Waals surface area contributed by atoms with E-state index in [1.165, 1.54) is 6.92 Å². The Bertz CT molecular complexity index is 764. The lowest BCUT2D eigenvalue weighted by molar-refractivity contribution is -0.159. The van der Waals surface area contributed by atoms with Crippen LogP contribution >= 0.6 is 0 Å². The van der Waals surface area contributed by atoms with Gasteiger partial charge in [-0.05, 0) is 27.7 Å². The van der Waals surface area contributed by atoms with E-state index >= 15 is 0 Å². The number of rotatable bonds is 9. The average molecular weight is 407 g/mol. The molecule has 0 aromatic rings. The van der Waals surface area contributed by atoms with Crippen molar-refractivity contribution in [3.05, 3.63) is 11.3 Å². The number of ether oxygens (including phenoxy) is 3. The molecule has 1 unspecified atom stereocenters. The molecule has 1 rings (SSSR count). The molecule has 158 valence electrons. The van der Waals surface area contributed by atoms with E-state index in [0.29, 0.717) is 0 Å². The van der Waals surface area contributed by atoms with E-state index in [9.17, 15) is 19.2 Å². The first-order valence-corrected chi connectivity index (χ1v) is 9.18. The van der Waals surface area contributed by atoms with Crippen LogP contribution < -0.4 is 5.32 Å². The number of hydrogen-bond acceptors (Lipinski definition) is 9. The topological polar surface area (TPSA) is 144 Å². The van der Waals surface area contributed by atoms with Gasteiger partial charge >= 0.3 is 17.9 Å². The van der Waals surface area contributed by atoms with E-state index in [1.807, 2.05) is 6.07 Å². The van der Waals surface area contributed by atoms with Crippen molar-refractivity contribution in [1.29, 1.82) is 5.26 Å². The lowest BCUT2D eigenvalue weighted by Gasteiger charge is -2.29. The first-order chi connectivity index (χ1) is 13.8. The van der Waals surface area contributed by atoms with E-state index in [2.05, 4.69) is 10.3 Å². The van der Waals surface area contributed by atoms with Gasteiger partial charge in [0.05, 0.1) is 31.3 Å². The number of carbonyl (C=O) groups excluding carboxylic acids is 4. The molecule has 1 aliphatic heterocycles. The number of aliphatic imine (C=N–C) groups is 1. The van der Waals surface area contributed by atoms with Crippen LogP contribution in [0.4, 0.5) is 0 Å². The van der Waals surface area contributed by atoms with Crippen LogP contribution in [-0.2, 0) is 33.4 Å². The number of hydrogen-bond donors (Lipinski definition) is 1. The Morgan fingerprint density at radius 3 is 2.24 bits per heavy atom. The molecule has 10 nitrogen and oxygen atoms in total. The summed E-state index contributed by atoms with van der Waals surface area (Å²) < 4.78 is 15.1. The number of amides is 1. The second-order valence-corrected chi connectivity index (χ2v) is 6.05. The smallest absolute Gasteiger partial charge is 0.336 e. The van der Waals surface area contributed by atoms with Gasteiger partial charge in [-0.3, -0.25) is 19.4 Å². The Morgan fingerprint density at radius 2 is 1.66 bits per heavy atom. The van der Waals surface area contributed by atoms with Crippen molar-refractivity contribution in [2.75, 3.05) is 26.4 Å². The number of carbonyl (C=O) groups is 4. The minimum Gasteiger partial charge on any atom is -0.465 e. The molecule has 1 N–H and O–H groups in total. The highest BCUT2D eigenvalue weighted by Crippen LogP contribution is 2.33. The fourth-order valence-corrected chi connectivity index (χ4v) is 2.84. The Morgan fingerprint density at radius 1 is 1.03 bits per heavy atom. The van der Waals surface area contributed by atoms with Crippen molar-refractivity contribution >= 4 is 29.5 Å². The summed E-state index contributed by atoms with van der Waals surface area (Å²) in [5.41, 5.74) is 0.404. The number of nitriles is 1. The standard InChI is InChI=1S/C19H25N3O7/c1-5-27-17(24)14-11(3)22-12(4)15(18(25)28-6-2)16(14)19(26)29-10-13(23)21-9-7-8-20/h14,16H,5-7,9-10H2,1-4H3,(H,21,23)/t14?,16-/m1/s1. The molecule has 2 atom stereocenters. The lowest BCUT2D eigenvalue weighted by Crippen LogP contribution is -2.43. The van der Waals surface area contributed by atoms with Crippen LogP contribution in [0.2, 0.25) is 0 Å². The number of esters is 3. The molecule has 1 amide bonds. The van der Waals surface area contributed by atoms with E-state index in [4.69, 9.17) is 19.5 Å². The maximum absolute atomic E-state index is 12.8. The first kappa shape index (κ1) is 23.8. The van der Waals surface area contributed by atoms with Crippen LogP contribution in [0.15, 0.2) is 16.3 Å². The van der Waals surface area contributed by atoms with Gasteiger partial charge in [-0.25, -0.2) is 4.79 Å². The van der Waals surface area contributed by atoms with Crippen LogP contribution in [0, 0.1) is 23.2 Å². The molecular weight excluding hydrogens is 382 g/mol. The predicted octanol–water partition coefficient (Wildman–Crippen LogP) is 0.667. The SMILES string of the molecule is CCOC(=O)C1=C(C)N=C(C)C(C(=O)OCC)[C@H]1C(=O)OCC(=O)NCCC#N. The maximum atomic E-state index is 12.8. The monoisotopic (exact) mass is 407 g/mol. The minimum atomic E-state index is -1.35. The second kappa shape index (κ2) is 11.6. The van der Waals surface area contributed by atoms with E-state index in [1.54, 1.807) is 20.8 Å². The zero-order valence-corrected chi connectivity index (χ0v) is 16.9. The summed E-state index contributed by atoms with van der Waals surface area (Å²) in [6.45, 7) is 5.90. The van der Waals surface area contributed by atoms with Gasteiger partial charge in [-0.2, -0.15) is 5.26 Å². The van der Waals surface area contributed by atoms with Crippen molar-refractivity contribution in [3.8, 4) is 6.07 Å². The Balaban J connectivity index is 3.13. The van der Waals surface area contributed by atoms with E-state index in [0.717, 1.165) is 0 Å². The van der Waals surface area contributed by atoms with Crippen molar-refractivity contribution in [1.82, 2.24) is 5.32 Å². The quantitative estimate of drug-likeness (QED) is 0.333. The minimum absolute atomic E-state index is 0.0610. The van der Waals surface area contributed by atoms with Crippen molar-refractivity contribution in [2.24, 2.45) is 16.8 Å². The molecule has 0 fully saturated rings. The van der Waals surface area contributed by atoms with Crippen LogP contribution in [0.25, 0.3) is 0 Å². The molecule has 0 spiro atoms. The normalized spacial score (nSPS) is 18.2. The molecule has 0 aromatic carbocycles. The van der Waals surface area contributed by atoms with Gasteiger partial charge < -0.3 is 19.5 Å². The third-order valence-corrected chi connectivity index (χ3v) is 4.02. The maximum Gasteiger partial charge on any atom is 0.336 e. The highest BCUT2D eigenvalue weighted by molar-refractivity contribution is 6.10. The van der Waals surface area contributed by atoms with Crippen molar-refractivity contribution in [2.45, 2.75) is 34.1 Å². The zero-order chi connectivity index (χ0) is 22.0. The molecule has 29 heavy (non-hydrogen) atoms. The van der Waals surface area contributed by atoms with Crippen LogP contribution in [-0.4, -0.2) is 55.9 Å². The molecule has 1 aliphatic rings. The zero-order valence-electron chi connectivity index (χ0n) is 16.9. The largest absolute Gasteiger partial charge is 0.465 e. The molecule has 0 aliphatic carbocycles. The molecule has 0 bridgehead atoms. The third kappa shape index (κ3) is 6.41. The van der Waals surface area contributed by atoms with Gasteiger partial charge in [-0.1, -0.05) is 0 Å². The van der Waals surface area contributed by atoms with E-state index < -0.39 is 42.3 Å². The molecule has 0 saturated carbocycles. The van der Waals surface area contributed by atoms with Crippen LogP contribution in [0.1, 0.15) is 34.1 Å². The molecule has 0 aromatic heterocycles. The second-order valence-electron chi connectivity index (χ2n) is 6.05. The summed E-state index contributed by atoms with van der Waals surface area (Å²) in [6.07, 6.45) is 0.109. The van der Waals surface area contributed by atoms with Gasteiger partial charge in [0.1, 0.15) is 11.8 Å². The number of nitrogens with zero attached hydrogens (tertiary/aromatic N) is 2. The Labute approximate surface area is 168 Å². The highest BCUT2D eigenvalue weighted by atomic mass is 16.5. The molecular formula is C19H25N3O7. The van der Waals surface area contributed by atoms with Gasteiger partial charge in [-0.15, -0.1) is 0 Å². The molecule has 10 heteroatoms. The molecule has 0 saturated heterocycles. The summed E-state index contributed by atoms with van der Waals surface area (Å²) in [4.78, 5) is 53.7. The molecule has 0 radical (unpaired) electrons. The summed E-state index contributed by atoms with van der Waals surface area (Å²) >= 11 is 0. The predicted molar refractivity (Wildman–Crippen MR) is 100 cm³/mol. The van der Waals surface area contributed by atoms with Crippen molar-refractivity contribution < 1.29 is 33.4 Å². The van der Waals surface area contributed by atoms with Gasteiger partial charge in [0.2, 0.25) is 0 Å². The van der Waals surface area contributed by atoms with Gasteiger partial charge in [0, 0.05) is 18.0 Å². The van der Waals surface area contributed by atoms with Crippen LogP contribution in [0.5, 0.6) is 0 Å². The highest BCUT2D eigenvalue weighted by Gasteiger charge is 2.46. The van der Waals surface area contributed by atoms with Gasteiger partial charge in [0.15, 0.2) is 6.61 Å².